The molecule has 0 N–H and O–H groups in total. The van der Waals surface area contributed by atoms with Crippen molar-refractivity contribution in [1.29, 1.82) is 0 Å². The molecule has 0 amide bonds. The Morgan fingerprint density at radius 1 is 1.24 bits per heavy atom. The van der Waals surface area contributed by atoms with Gasteiger partial charge in [0.2, 0.25) is 0 Å². The Morgan fingerprint density at radius 3 is 2.95 bits per heavy atom. The Balaban J connectivity index is 1.81. The normalized spacial score (nSPS) is 15.0. The van der Waals surface area contributed by atoms with E-state index in [1.165, 1.54) is 11.1 Å². The summed E-state index contributed by atoms with van der Waals surface area (Å²) in [7, 11) is 1.72. The van der Waals surface area contributed by atoms with Crippen LogP contribution in [-0.4, -0.2) is 25.2 Å². The van der Waals surface area contributed by atoms with Crippen molar-refractivity contribution >= 4 is 15.9 Å². The van der Waals surface area contributed by atoms with Gasteiger partial charge in [-0.15, -0.1) is 0 Å². The molecular weight excluding hydrogens is 330 g/mol. The molecule has 3 nitrogen and oxygen atoms in total. The quantitative estimate of drug-likeness (QED) is 0.841. The minimum absolute atomic E-state index is 0.716. The monoisotopic (exact) mass is 347 g/mol. The topological polar surface area (TPSA) is 21.7 Å². The molecule has 1 aliphatic heterocycles. The average Bonchev–Trinajstić information content (AvgIpc) is 2.69. The Bertz CT molecular complexity index is 630. The molecule has 4 heteroatoms. The molecule has 0 atom stereocenters. The highest BCUT2D eigenvalue weighted by atomic mass is 79.9. The first-order chi connectivity index (χ1) is 10.3. The van der Waals surface area contributed by atoms with Gasteiger partial charge in [-0.3, -0.25) is 4.90 Å². The molecule has 1 heterocycles. The van der Waals surface area contributed by atoms with E-state index in [1.807, 2.05) is 24.3 Å². The van der Waals surface area contributed by atoms with Gasteiger partial charge < -0.3 is 9.47 Å². The highest BCUT2D eigenvalue weighted by molar-refractivity contribution is 9.10. The van der Waals surface area contributed by atoms with Gasteiger partial charge in [0.1, 0.15) is 18.1 Å². The number of hydrogen-bond donors (Lipinski definition) is 0. The van der Waals surface area contributed by atoms with Gasteiger partial charge in [0.15, 0.2) is 0 Å². The lowest BCUT2D eigenvalue weighted by atomic mass is 10.1. The van der Waals surface area contributed by atoms with E-state index in [9.17, 15) is 0 Å². The van der Waals surface area contributed by atoms with E-state index in [1.54, 1.807) is 7.11 Å². The minimum Gasteiger partial charge on any atom is -0.496 e. The van der Waals surface area contributed by atoms with Crippen LogP contribution in [-0.2, 0) is 13.1 Å². The molecule has 1 aliphatic rings. The maximum Gasteiger partial charge on any atom is 0.123 e. The number of benzene rings is 2. The fourth-order valence-corrected chi connectivity index (χ4v) is 3.04. The van der Waals surface area contributed by atoms with Gasteiger partial charge in [-0.2, -0.15) is 0 Å². The third kappa shape index (κ3) is 3.39. The summed E-state index contributed by atoms with van der Waals surface area (Å²) in [6.07, 6.45) is 0. The Morgan fingerprint density at radius 2 is 2.10 bits per heavy atom. The maximum atomic E-state index is 5.81. The van der Waals surface area contributed by atoms with Crippen LogP contribution in [0.15, 0.2) is 46.9 Å². The van der Waals surface area contributed by atoms with Crippen LogP contribution in [0.1, 0.15) is 11.1 Å². The molecule has 0 saturated heterocycles. The van der Waals surface area contributed by atoms with E-state index in [0.29, 0.717) is 6.61 Å². The number of methoxy groups -OCH3 is 1. The van der Waals surface area contributed by atoms with Gasteiger partial charge in [0.05, 0.1) is 7.11 Å². The van der Waals surface area contributed by atoms with E-state index in [2.05, 4.69) is 39.0 Å². The van der Waals surface area contributed by atoms with Crippen LogP contribution in [0.3, 0.4) is 0 Å². The average molecular weight is 348 g/mol. The number of nitrogens with zero attached hydrogens (tertiary/aromatic N) is 1. The molecule has 0 saturated carbocycles. The summed E-state index contributed by atoms with van der Waals surface area (Å²) < 4.78 is 12.4. The lowest BCUT2D eigenvalue weighted by molar-refractivity contribution is 0.217. The molecule has 0 aromatic heterocycles. The Hall–Kier alpha value is -1.52. The van der Waals surface area contributed by atoms with Crippen LogP contribution in [0.25, 0.3) is 0 Å². The van der Waals surface area contributed by atoms with Crippen LogP contribution in [0.2, 0.25) is 0 Å². The van der Waals surface area contributed by atoms with E-state index in [4.69, 9.17) is 9.47 Å². The summed E-state index contributed by atoms with van der Waals surface area (Å²) in [6.45, 7) is 3.36. The van der Waals surface area contributed by atoms with E-state index in [-0.39, 0.29) is 0 Å². The zero-order chi connectivity index (χ0) is 14.7. The first-order valence-electron chi connectivity index (χ1n) is 7.02. The molecule has 0 fully saturated rings. The predicted octanol–water partition coefficient (Wildman–Crippen LogP) is 3.85. The van der Waals surface area contributed by atoms with E-state index >= 15 is 0 Å². The van der Waals surface area contributed by atoms with Crippen molar-refractivity contribution in [3.05, 3.63) is 58.1 Å². The summed E-state index contributed by atoms with van der Waals surface area (Å²) in [5.41, 5.74) is 2.43. The predicted molar refractivity (Wildman–Crippen MR) is 86.7 cm³/mol. The van der Waals surface area contributed by atoms with Gasteiger partial charge in [0, 0.05) is 35.2 Å². The summed E-state index contributed by atoms with van der Waals surface area (Å²) in [6, 6.07) is 14.4. The molecule has 110 valence electrons. The maximum absolute atomic E-state index is 5.81. The molecule has 2 aromatic carbocycles. The van der Waals surface area contributed by atoms with Crippen molar-refractivity contribution in [3.63, 3.8) is 0 Å². The zero-order valence-corrected chi connectivity index (χ0v) is 13.6. The van der Waals surface area contributed by atoms with Gasteiger partial charge >= 0.3 is 0 Å². The fourth-order valence-electron chi connectivity index (χ4n) is 2.63. The number of rotatable bonds is 3. The van der Waals surface area contributed by atoms with Crippen molar-refractivity contribution in [2.24, 2.45) is 0 Å². The molecule has 0 spiro atoms. The van der Waals surface area contributed by atoms with Gasteiger partial charge in [-0.05, 0) is 24.3 Å². The number of hydrogen-bond acceptors (Lipinski definition) is 3. The molecule has 3 rings (SSSR count). The summed E-state index contributed by atoms with van der Waals surface area (Å²) in [5.74, 6) is 1.93. The van der Waals surface area contributed by atoms with Crippen LogP contribution in [0, 0.1) is 0 Å². The second kappa shape index (κ2) is 6.50. The van der Waals surface area contributed by atoms with Crippen LogP contribution >= 0.6 is 15.9 Å². The van der Waals surface area contributed by atoms with Gasteiger partial charge in [-0.25, -0.2) is 0 Å². The Labute approximate surface area is 133 Å². The van der Waals surface area contributed by atoms with Crippen molar-refractivity contribution in [1.82, 2.24) is 4.90 Å². The molecular formula is C17H18BrNO2. The van der Waals surface area contributed by atoms with E-state index in [0.717, 1.165) is 35.6 Å². The molecule has 0 bridgehead atoms. The van der Waals surface area contributed by atoms with Gasteiger partial charge in [-0.1, -0.05) is 34.1 Å². The second-order valence-corrected chi connectivity index (χ2v) is 6.04. The summed E-state index contributed by atoms with van der Waals surface area (Å²) in [5, 5.41) is 0. The number of fused-ring (bicyclic) bond motifs is 1. The third-order valence-electron chi connectivity index (χ3n) is 3.67. The summed E-state index contributed by atoms with van der Waals surface area (Å²) >= 11 is 3.53. The molecule has 2 aromatic rings. The molecule has 0 unspecified atom stereocenters. The molecule has 0 aliphatic carbocycles. The zero-order valence-electron chi connectivity index (χ0n) is 12.0. The number of para-hydroxylation sites is 1. The fraction of sp³-hybridized carbons (Fsp3) is 0.294. The second-order valence-electron chi connectivity index (χ2n) is 5.12. The highest BCUT2D eigenvalue weighted by Gasteiger charge is 2.16. The SMILES string of the molecule is COc1ccc(Br)cc1CN1CCOc2ccccc2C1. The van der Waals surface area contributed by atoms with Crippen molar-refractivity contribution in [3.8, 4) is 11.5 Å². The molecule has 21 heavy (non-hydrogen) atoms. The smallest absolute Gasteiger partial charge is 0.123 e. The van der Waals surface area contributed by atoms with Crippen molar-refractivity contribution < 1.29 is 9.47 Å². The lowest BCUT2D eigenvalue weighted by Gasteiger charge is -2.21. The first-order valence-corrected chi connectivity index (χ1v) is 7.81. The third-order valence-corrected chi connectivity index (χ3v) is 4.16. The minimum atomic E-state index is 0.716. The number of halogens is 1. The molecule has 0 radical (unpaired) electrons. The van der Waals surface area contributed by atoms with Crippen LogP contribution < -0.4 is 9.47 Å². The van der Waals surface area contributed by atoms with Crippen LogP contribution in [0.5, 0.6) is 11.5 Å². The van der Waals surface area contributed by atoms with E-state index < -0.39 is 0 Å². The van der Waals surface area contributed by atoms with Crippen LogP contribution in [0.4, 0.5) is 0 Å². The Kier molecular flexibility index (Phi) is 4.46. The van der Waals surface area contributed by atoms with Crippen molar-refractivity contribution in [2.75, 3.05) is 20.3 Å². The first kappa shape index (κ1) is 14.4. The standard InChI is InChI=1S/C17H18BrNO2/c1-20-16-7-6-15(18)10-14(16)12-19-8-9-21-17-5-3-2-4-13(17)11-19/h2-7,10H,8-9,11-12H2,1H3. The van der Waals surface area contributed by atoms with Crippen molar-refractivity contribution in [2.45, 2.75) is 13.1 Å². The number of ether oxygens (including phenoxy) is 2. The highest BCUT2D eigenvalue weighted by Crippen LogP contribution is 2.27. The largest absolute Gasteiger partial charge is 0.496 e. The lowest BCUT2D eigenvalue weighted by Crippen LogP contribution is -2.25. The summed E-state index contributed by atoms with van der Waals surface area (Å²) in [4.78, 5) is 2.39. The van der Waals surface area contributed by atoms with Gasteiger partial charge in [0.25, 0.3) is 0 Å².